The van der Waals surface area contributed by atoms with E-state index < -0.39 is 0 Å². The van der Waals surface area contributed by atoms with Crippen molar-refractivity contribution in [3.05, 3.63) is 34.4 Å². The molecule has 1 amide bonds. The number of nitrogens with two attached hydrogens (primary N) is 1. The maximum atomic E-state index is 11.0. The maximum absolute atomic E-state index is 11.0. The lowest BCUT2D eigenvalue weighted by molar-refractivity contribution is -0.917. The minimum Gasteiger partial charge on any atom is -0.493 e. The van der Waals surface area contributed by atoms with Gasteiger partial charge >= 0.3 is 0 Å². The first-order valence-electron chi connectivity index (χ1n) is 8.87. The van der Waals surface area contributed by atoms with Crippen LogP contribution in [0.5, 0.6) is 11.5 Å². The fraction of sp³-hybridized carbons (Fsp3) is 0.500. The number of quaternary nitrogens is 1. The highest BCUT2D eigenvalue weighted by molar-refractivity contribution is 7.71. The third kappa shape index (κ3) is 5.54. The fourth-order valence-electron chi connectivity index (χ4n) is 2.85. The van der Waals surface area contributed by atoms with E-state index in [0.717, 1.165) is 29.4 Å². The highest BCUT2D eigenvalue weighted by Gasteiger charge is 2.13. The first kappa shape index (κ1) is 20.9. The van der Waals surface area contributed by atoms with Crippen LogP contribution >= 0.6 is 12.2 Å². The number of benzene rings is 1. The van der Waals surface area contributed by atoms with Gasteiger partial charge in [-0.1, -0.05) is 0 Å². The Morgan fingerprint density at radius 2 is 2.11 bits per heavy atom. The van der Waals surface area contributed by atoms with Crippen molar-refractivity contribution < 1.29 is 19.2 Å². The minimum absolute atomic E-state index is 0.258. The van der Waals surface area contributed by atoms with Crippen LogP contribution in [0, 0.1) is 4.77 Å². The van der Waals surface area contributed by atoms with Crippen molar-refractivity contribution >= 4 is 18.1 Å². The summed E-state index contributed by atoms with van der Waals surface area (Å²) in [5, 5.41) is 4.54. The molecule has 0 bridgehead atoms. The van der Waals surface area contributed by atoms with Crippen LogP contribution in [0.1, 0.15) is 24.7 Å². The molecule has 0 aliphatic carbocycles. The molecule has 1 aromatic carbocycles. The van der Waals surface area contributed by atoms with Crippen molar-refractivity contribution in [1.29, 1.82) is 0 Å². The number of hydrogen-bond donors (Lipinski definition) is 2. The third-order valence-corrected chi connectivity index (χ3v) is 4.66. The quantitative estimate of drug-likeness (QED) is 0.571. The van der Waals surface area contributed by atoms with Crippen molar-refractivity contribution in [2.24, 2.45) is 12.8 Å². The van der Waals surface area contributed by atoms with Crippen LogP contribution in [0.4, 0.5) is 0 Å². The molecule has 0 fully saturated rings. The summed E-state index contributed by atoms with van der Waals surface area (Å²) in [6, 6.07) is 5.96. The molecule has 0 aliphatic rings. The van der Waals surface area contributed by atoms with E-state index in [1.165, 1.54) is 4.90 Å². The molecular weight excluding hydrogens is 366 g/mol. The summed E-state index contributed by atoms with van der Waals surface area (Å²) in [6.07, 6.45) is 0.742. The number of carbonyl (C=O) groups is 1. The van der Waals surface area contributed by atoms with Gasteiger partial charge in [0, 0.05) is 25.5 Å². The minimum atomic E-state index is -0.345. The second kappa shape index (κ2) is 9.52. The predicted molar refractivity (Wildman–Crippen MR) is 104 cm³/mol. The Morgan fingerprint density at radius 1 is 1.37 bits per heavy atom. The van der Waals surface area contributed by atoms with E-state index in [2.05, 4.69) is 12.1 Å². The summed E-state index contributed by atoms with van der Waals surface area (Å²) < 4.78 is 15.2. The topological polar surface area (TPSA) is 88.7 Å². The predicted octanol–water partition coefficient (Wildman–Crippen LogP) is 0.449. The number of rotatable bonds is 10. The van der Waals surface area contributed by atoms with E-state index in [0.29, 0.717) is 24.5 Å². The molecular formula is C18H28N5O3S+. The summed E-state index contributed by atoms with van der Waals surface area (Å²) in [6.45, 7) is 3.92. The lowest BCUT2D eigenvalue weighted by atomic mass is 10.2. The average Bonchev–Trinajstić information content (AvgIpc) is 2.89. The average molecular weight is 395 g/mol. The molecule has 27 heavy (non-hydrogen) atoms. The van der Waals surface area contributed by atoms with E-state index in [9.17, 15) is 4.79 Å². The summed E-state index contributed by atoms with van der Waals surface area (Å²) in [7, 11) is 5.57. The van der Waals surface area contributed by atoms with Gasteiger partial charge in [-0.15, -0.1) is 0 Å². The molecule has 1 unspecified atom stereocenters. The second-order valence-electron chi connectivity index (χ2n) is 6.43. The molecule has 0 spiro atoms. The van der Waals surface area contributed by atoms with Gasteiger partial charge in [-0.25, -0.2) is 0 Å². The molecule has 148 valence electrons. The van der Waals surface area contributed by atoms with Crippen LogP contribution in [0.3, 0.4) is 0 Å². The van der Waals surface area contributed by atoms with Crippen molar-refractivity contribution in [2.75, 3.05) is 20.8 Å². The van der Waals surface area contributed by atoms with Crippen molar-refractivity contribution in [3.63, 3.8) is 0 Å². The Morgan fingerprint density at radius 3 is 2.74 bits per heavy atom. The lowest BCUT2D eigenvalue weighted by Gasteiger charge is -2.15. The van der Waals surface area contributed by atoms with E-state index >= 15 is 0 Å². The number of ether oxygens (including phenoxy) is 2. The second-order valence-corrected chi connectivity index (χ2v) is 6.80. The Bertz CT molecular complexity index is 846. The number of nitrogens with zero attached hydrogens (tertiary/aromatic N) is 3. The van der Waals surface area contributed by atoms with Crippen LogP contribution in [0.25, 0.3) is 0 Å². The van der Waals surface area contributed by atoms with Gasteiger partial charge in [-0.05, 0) is 37.3 Å². The van der Waals surface area contributed by atoms with E-state index in [4.69, 9.17) is 27.4 Å². The van der Waals surface area contributed by atoms with Gasteiger partial charge in [0.15, 0.2) is 18.2 Å². The van der Waals surface area contributed by atoms with Gasteiger partial charge in [0.1, 0.15) is 12.4 Å². The Balaban J connectivity index is 2.07. The fourth-order valence-corrected chi connectivity index (χ4v) is 3.06. The van der Waals surface area contributed by atoms with Crippen LogP contribution in [0.2, 0.25) is 0 Å². The van der Waals surface area contributed by atoms with Gasteiger partial charge in [-0.3, -0.25) is 4.79 Å². The molecule has 1 heterocycles. The number of nitrogens with one attached hydrogen (secondary N) is 1. The van der Waals surface area contributed by atoms with Gasteiger partial charge in [0.05, 0.1) is 20.8 Å². The molecule has 0 saturated carbocycles. The highest BCUT2D eigenvalue weighted by atomic mass is 32.1. The zero-order valence-electron chi connectivity index (χ0n) is 16.3. The van der Waals surface area contributed by atoms with Gasteiger partial charge in [-0.2, -0.15) is 9.78 Å². The van der Waals surface area contributed by atoms with Crippen molar-refractivity contribution in [3.8, 4) is 11.5 Å². The third-order valence-electron chi connectivity index (χ3n) is 4.18. The highest BCUT2D eigenvalue weighted by Crippen LogP contribution is 2.27. The van der Waals surface area contributed by atoms with Gasteiger partial charge in [0.25, 0.3) is 0 Å². The zero-order valence-corrected chi connectivity index (χ0v) is 17.1. The molecule has 0 radical (unpaired) electrons. The van der Waals surface area contributed by atoms with Crippen LogP contribution < -0.4 is 20.1 Å². The first-order chi connectivity index (χ1) is 12.8. The summed E-state index contributed by atoms with van der Waals surface area (Å²) >= 11 is 5.46. The lowest BCUT2D eigenvalue weighted by Crippen LogP contribution is -3.07. The molecule has 9 heteroatoms. The van der Waals surface area contributed by atoms with Gasteiger partial charge < -0.3 is 24.7 Å². The van der Waals surface area contributed by atoms with E-state index in [1.807, 2.05) is 36.7 Å². The summed E-state index contributed by atoms with van der Waals surface area (Å²) in [5.74, 6) is 1.88. The summed E-state index contributed by atoms with van der Waals surface area (Å²) in [5.41, 5.74) is 6.35. The number of aromatic nitrogens is 3. The van der Waals surface area contributed by atoms with Crippen molar-refractivity contribution in [1.82, 2.24) is 14.3 Å². The van der Waals surface area contributed by atoms with E-state index in [1.54, 1.807) is 11.8 Å². The van der Waals surface area contributed by atoms with Crippen LogP contribution in [-0.2, 0) is 31.5 Å². The monoisotopic (exact) mass is 394 g/mol. The standard InChI is InChI=1S/C18H27N5O3S/c1-5-26-14-7-6-13(10-15(14)25-4)11-21(2)12-23-18(27)22(3)17(20-23)9-8-16(19)24/h6-7,10H,5,8-9,11-12H2,1-4H3,(H2,19,24)/p+1. The molecule has 8 nitrogen and oxygen atoms in total. The largest absolute Gasteiger partial charge is 0.493 e. The van der Waals surface area contributed by atoms with Crippen LogP contribution in [0.15, 0.2) is 18.2 Å². The molecule has 1 atom stereocenters. The molecule has 0 aliphatic heterocycles. The van der Waals surface area contributed by atoms with E-state index in [-0.39, 0.29) is 12.3 Å². The molecule has 0 saturated heterocycles. The zero-order chi connectivity index (χ0) is 20.0. The summed E-state index contributed by atoms with van der Waals surface area (Å²) in [4.78, 5) is 12.2. The smallest absolute Gasteiger partial charge is 0.217 e. The SMILES string of the molecule is CCOc1ccc(C[NH+](C)Cn2nc(CCC(N)=O)n(C)c2=S)cc1OC. The molecule has 2 rings (SSSR count). The maximum Gasteiger partial charge on any atom is 0.217 e. The first-order valence-corrected chi connectivity index (χ1v) is 9.28. The number of methoxy groups -OCH3 is 1. The van der Waals surface area contributed by atoms with Crippen LogP contribution in [-0.4, -0.2) is 41.0 Å². The number of carbonyl (C=O) groups excluding carboxylic acids is 1. The van der Waals surface area contributed by atoms with Crippen molar-refractivity contribution in [2.45, 2.75) is 33.0 Å². The molecule has 3 N–H and O–H groups in total. The number of aryl methyl sites for hydroxylation is 1. The number of amides is 1. The Hall–Kier alpha value is -2.39. The normalized spacial score (nSPS) is 12.0. The molecule has 1 aromatic heterocycles. The molecule has 2 aromatic rings. The van der Waals surface area contributed by atoms with Gasteiger partial charge in [0.2, 0.25) is 10.7 Å². The Labute approximate surface area is 164 Å². The number of hydrogen-bond acceptors (Lipinski definition) is 5. The number of primary amides is 1. The Kier molecular flexibility index (Phi) is 7.37.